The molecule has 2 aromatic carbocycles. The Morgan fingerprint density at radius 3 is 2.10 bits per heavy atom. The standard InChI is InChI=1S/C17H13ClN2O/c18-14-7-5-13(6-8-14)15-3-1-2-4-16(15)17-19-9-12(11-21)10-20-17/h1-10,21H,11H2. The van der Waals surface area contributed by atoms with Crippen molar-refractivity contribution >= 4 is 11.6 Å². The second kappa shape index (κ2) is 6.04. The van der Waals surface area contributed by atoms with Gasteiger partial charge in [0.05, 0.1) is 6.61 Å². The zero-order chi connectivity index (χ0) is 14.7. The van der Waals surface area contributed by atoms with E-state index in [9.17, 15) is 0 Å². The molecule has 0 bridgehead atoms. The summed E-state index contributed by atoms with van der Waals surface area (Å²) < 4.78 is 0. The lowest BCUT2D eigenvalue weighted by Gasteiger charge is -2.09. The van der Waals surface area contributed by atoms with Crippen LogP contribution in [0.2, 0.25) is 5.02 Å². The summed E-state index contributed by atoms with van der Waals surface area (Å²) in [4.78, 5) is 8.65. The number of halogens is 1. The molecule has 0 aliphatic carbocycles. The highest BCUT2D eigenvalue weighted by Gasteiger charge is 2.09. The average molecular weight is 297 g/mol. The highest BCUT2D eigenvalue weighted by Crippen LogP contribution is 2.30. The van der Waals surface area contributed by atoms with Gasteiger partial charge in [-0.3, -0.25) is 0 Å². The number of nitrogens with zero attached hydrogens (tertiary/aromatic N) is 2. The summed E-state index contributed by atoms with van der Waals surface area (Å²) in [5, 5.41) is 9.77. The van der Waals surface area contributed by atoms with E-state index in [0.29, 0.717) is 16.4 Å². The zero-order valence-corrected chi connectivity index (χ0v) is 12.0. The quantitative estimate of drug-likeness (QED) is 0.796. The SMILES string of the molecule is OCc1cnc(-c2ccccc2-c2ccc(Cl)cc2)nc1. The van der Waals surface area contributed by atoms with Crippen LogP contribution in [0.1, 0.15) is 5.56 Å². The van der Waals surface area contributed by atoms with Gasteiger partial charge in [-0.15, -0.1) is 0 Å². The summed E-state index contributed by atoms with van der Waals surface area (Å²) in [6.45, 7) is -0.0564. The van der Waals surface area contributed by atoms with Crippen LogP contribution < -0.4 is 0 Å². The molecule has 0 fully saturated rings. The van der Waals surface area contributed by atoms with Gasteiger partial charge in [0.15, 0.2) is 5.82 Å². The first kappa shape index (κ1) is 13.7. The molecule has 3 aromatic rings. The Labute approximate surface area is 127 Å². The van der Waals surface area contributed by atoms with Gasteiger partial charge in [-0.1, -0.05) is 48.0 Å². The molecule has 0 unspecified atom stereocenters. The first-order chi connectivity index (χ1) is 10.3. The van der Waals surface area contributed by atoms with E-state index >= 15 is 0 Å². The minimum atomic E-state index is -0.0564. The predicted molar refractivity (Wildman–Crippen MR) is 83.8 cm³/mol. The lowest BCUT2D eigenvalue weighted by Crippen LogP contribution is -1.94. The molecule has 3 nitrogen and oxygen atoms in total. The van der Waals surface area contributed by atoms with Crippen molar-refractivity contribution in [2.24, 2.45) is 0 Å². The van der Waals surface area contributed by atoms with E-state index in [-0.39, 0.29) is 6.61 Å². The first-order valence-electron chi connectivity index (χ1n) is 6.55. The summed E-state index contributed by atoms with van der Waals surface area (Å²) in [6.07, 6.45) is 3.28. The van der Waals surface area contributed by atoms with Crippen LogP contribution in [0.4, 0.5) is 0 Å². The third kappa shape index (κ3) is 2.94. The van der Waals surface area contributed by atoms with Gasteiger partial charge in [0.25, 0.3) is 0 Å². The van der Waals surface area contributed by atoms with E-state index in [2.05, 4.69) is 9.97 Å². The Hall–Kier alpha value is -2.23. The fourth-order valence-electron chi connectivity index (χ4n) is 2.13. The lowest BCUT2D eigenvalue weighted by molar-refractivity contribution is 0.281. The summed E-state index contributed by atoms with van der Waals surface area (Å²) >= 11 is 5.94. The first-order valence-corrected chi connectivity index (χ1v) is 6.93. The van der Waals surface area contributed by atoms with Crippen molar-refractivity contribution in [2.75, 3.05) is 0 Å². The predicted octanol–water partition coefficient (Wildman–Crippen LogP) is 3.96. The molecule has 21 heavy (non-hydrogen) atoms. The molecule has 0 spiro atoms. The summed E-state index contributed by atoms with van der Waals surface area (Å²) in [5.41, 5.74) is 3.75. The fourth-order valence-corrected chi connectivity index (χ4v) is 2.26. The van der Waals surface area contributed by atoms with Crippen molar-refractivity contribution in [3.8, 4) is 22.5 Å². The summed E-state index contributed by atoms with van der Waals surface area (Å²) in [5.74, 6) is 0.637. The molecule has 3 rings (SSSR count). The van der Waals surface area contributed by atoms with Gasteiger partial charge in [0.2, 0.25) is 0 Å². The van der Waals surface area contributed by atoms with Crippen molar-refractivity contribution in [1.29, 1.82) is 0 Å². The molecule has 104 valence electrons. The van der Waals surface area contributed by atoms with Crippen LogP contribution >= 0.6 is 11.6 Å². The van der Waals surface area contributed by atoms with Gasteiger partial charge < -0.3 is 5.11 Å². The second-order valence-corrected chi connectivity index (χ2v) is 5.06. The molecule has 4 heteroatoms. The summed E-state index contributed by atoms with van der Waals surface area (Å²) in [6, 6.07) is 15.6. The maximum absolute atomic E-state index is 9.07. The molecule has 0 radical (unpaired) electrons. The molecule has 0 saturated heterocycles. The minimum Gasteiger partial charge on any atom is -0.392 e. The number of benzene rings is 2. The number of aliphatic hydroxyl groups excluding tert-OH is 1. The molecule has 0 aliphatic rings. The van der Waals surface area contributed by atoms with Crippen LogP contribution in [-0.4, -0.2) is 15.1 Å². The van der Waals surface area contributed by atoms with E-state index in [0.717, 1.165) is 16.7 Å². The lowest BCUT2D eigenvalue weighted by atomic mass is 9.99. The van der Waals surface area contributed by atoms with Crippen molar-refractivity contribution in [1.82, 2.24) is 9.97 Å². The average Bonchev–Trinajstić information content (AvgIpc) is 2.56. The number of hydrogen-bond acceptors (Lipinski definition) is 3. The maximum Gasteiger partial charge on any atom is 0.159 e. The molecular formula is C17H13ClN2O. The van der Waals surface area contributed by atoms with Gasteiger partial charge in [-0.05, 0) is 23.3 Å². The monoisotopic (exact) mass is 296 g/mol. The van der Waals surface area contributed by atoms with Crippen LogP contribution in [0.3, 0.4) is 0 Å². The van der Waals surface area contributed by atoms with Gasteiger partial charge >= 0.3 is 0 Å². The van der Waals surface area contributed by atoms with Crippen LogP contribution in [0, 0.1) is 0 Å². The zero-order valence-electron chi connectivity index (χ0n) is 11.2. The van der Waals surface area contributed by atoms with Gasteiger partial charge in [0, 0.05) is 28.5 Å². The minimum absolute atomic E-state index is 0.0564. The Bertz CT molecular complexity index is 739. The molecule has 0 atom stereocenters. The summed E-state index contributed by atoms with van der Waals surface area (Å²) in [7, 11) is 0. The second-order valence-electron chi connectivity index (χ2n) is 4.63. The molecule has 1 heterocycles. The molecule has 1 N–H and O–H groups in total. The normalized spacial score (nSPS) is 10.6. The molecule has 0 aliphatic heterocycles. The third-order valence-corrected chi connectivity index (χ3v) is 3.46. The third-order valence-electron chi connectivity index (χ3n) is 3.21. The fraction of sp³-hybridized carbons (Fsp3) is 0.0588. The Kier molecular flexibility index (Phi) is 3.95. The van der Waals surface area contributed by atoms with Crippen molar-refractivity contribution < 1.29 is 5.11 Å². The molecular weight excluding hydrogens is 284 g/mol. The molecule has 0 amide bonds. The Balaban J connectivity index is 2.08. The Morgan fingerprint density at radius 1 is 0.857 bits per heavy atom. The highest BCUT2D eigenvalue weighted by molar-refractivity contribution is 6.30. The number of rotatable bonds is 3. The van der Waals surface area contributed by atoms with E-state index in [1.54, 1.807) is 12.4 Å². The van der Waals surface area contributed by atoms with E-state index in [4.69, 9.17) is 16.7 Å². The topological polar surface area (TPSA) is 46.0 Å². The van der Waals surface area contributed by atoms with Crippen LogP contribution in [0.25, 0.3) is 22.5 Å². The van der Waals surface area contributed by atoms with Gasteiger partial charge in [-0.2, -0.15) is 0 Å². The number of aromatic nitrogens is 2. The highest BCUT2D eigenvalue weighted by atomic mass is 35.5. The molecule has 1 aromatic heterocycles. The van der Waals surface area contributed by atoms with E-state index in [1.807, 2.05) is 48.5 Å². The van der Waals surface area contributed by atoms with Crippen molar-refractivity contribution in [3.63, 3.8) is 0 Å². The van der Waals surface area contributed by atoms with Crippen LogP contribution in [0.15, 0.2) is 60.9 Å². The van der Waals surface area contributed by atoms with E-state index < -0.39 is 0 Å². The largest absolute Gasteiger partial charge is 0.392 e. The number of hydrogen-bond donors (Lipinski definition) is 1. The van der Waals surface area contributed by atoms with Crippen molar-refractivity contribution in [2.45, 2.75) is 6.61 Å². The Morgan fingerprint density at radius 2 is 1.48 bits per heavy atom. The van der Waals surface area contributed by atoms with Crippen LogP contribution in [-0.2, 0) is 6.61 Å². The van der Waals surface area contributed by atoms with Crippen LogP contribution in [0.5, 0.6) is 0 Å². The maximum atomic E-state index is 9.07. The van der Waals surface area contributed by atoms with E-state index in [1.165, 1.54) is 0 Å². The smallest absolute Gasteiger partial charge is 0.159 e. The van der Waals surface area contributed by atoms with Gasteiger partial charge in [0.1, 0.15) is 0 Å². The molecule has 0 saturated carbocycles. The van der Waals surface area contributed by atoms with Gasteiger partial charge in [-0.25, -0.2) is 9.97 Å². The van der Waals surface area contributed by atoms with Crippen molar-refractivity contribution in [3.05, 3.63) is 71.5 Å². The number of aliphatic hydroxyl groups is 1.